The molecule has 2 rings (SSSR count). The molecule has 0 spiro atoms. The first-order valence-corrected chi connectivity index (χ1v) is 7.10. The summed E-state index contributed by atoms with van der Waals surface area (Å²) >= 11 is 6.19. The molecule has 3 heteroatoms. The van der Waals surface area contributed by atoms with Gasteiger partial charge in [0.1, 0.15) is 5.75 Å². The van der Waals surface area contributed by atoms with Gasteiger partial charge in [0.25, 0.3) is 0 Å². The average Bonchev–Trinajstić information content (AvgIpc) is 2.45. The van der Waals surface area contributed by atoms with Crippen LogP contribution in [0.5, 0.6) is 5.75 Å². The lowest BCUT2D eigenvalue weighted by atomic mass is 10.2. The van der Waals surface area contributed by atoms with Gasteiger partial charge in [-0.1, -0.05) is 36.7 Å². The third-order valence-electron chi connectivity index (χ3n) is 2.89. The van der Waals surface area contributed by atoms with E-state index >= 15 is 0 Å². The molecule has 0 N–H and O–H groups in total. The number of hydrogen-bond donors (Lipinski definition) is 0. The van der Waals surface area contributed by atoms with E-state index in [4.69, 9.17) is 16.3 Å². The lowest BCUT2D eigenvalue weighted by Crippen LogP contribution is -1.96. The monoisotopic (exact) mass is 287 g/mol. The molecule has 0 amide bonds. The van der Waals surface area contributed by atoms with E-state index < -0.39 is 0 Å². The normalized spacial score (nSPS) is 10.9. The number of rotatable bonds is 5. The van der Waals surface area contributed by atoms with Crippen LogP contribution in [-0.2, 0) is 0 Å². The number of hydrogen-bond acceptors (Lipinski definition) is 2. The summed E-state index contributed by atoms with van der Waals surface area (Å²) in [5.41, 5.74) is 3.08. The molecule has 2 aromatic carbocycles. The minimum absolute atomic E-state index is 0.618. The largest absolute Gasteiger partial charge is 0.492 e. The Morgan fingerprint density at radius 2 is 2.00 bits per heavy atom. The van der Waals surface area contributed by atoms with Gasteiger partial charge in [-0.2, -0.15) is 0 Å². The maximum Gasteiger partial charge on any atom is 0.137 e. The van der Waals surface area contributed by atoms with Crippen molar-refractivity contribution < 1.29 is 4.74 Å². The number of benzene rings is 2. The number of nitrogens with zero attached hydrogens (tertiary/aromatic N) is 1. The van der Waals surface area contributed by atoms with Crippen LogP contribution in [0.1, 0.15) is 24.5 Å². The molecule has 0 saturated heterocycles. The summed E-state index contributed by atoms with van der Waals surface area (Å²) < 4.78 is 5.55. The summed E-state index contributed by atoms with van der Waals surface area (Å²) in [7, 11) is 0. The zero-order valence-electron chi connectivity index (χ0n) is 11.8. The zero-order valence-corrected chi connectivity index (χ0v) is 12.5. The summed E-state index contributed by atoms with van der Waals surface area (Å²) in [6.07, 6.45) is 2.78. The Kier molecular flexibility index (Phi) is 5.19. The quantitative estimate of drug-likeness (QED) is 0.694. The summed E-state index contributed by atoms with van der Waals surface area (Å²) in [6, 6.07) is 13.7. The third kappa shape index (κ3) is 3.84. The Labute approximate surface area is 125 Å². The topological polar surface area (TPSA) is 21.6 Å². The maximum absolute atomic E-state index is 6.19. The van der Waals surface area contributed by atoms with Crippen LogP contribution in [0.2, 0.25) is 5.02 Å². The van der Waals surface area contributed by atoms with E-state index in [9.17, 15) is 0 Å². The second kappa shape index (κ2) is 7.11. The molecule has 0 aromatic heterocycles. The molecule has 0 heterocycles. The number of aliphatic imine (C=N–C) groups is 1. The molecule has 0 saturated carbocycles. The van der Waals surface area contributed by atoms with Crippen LogP contribution < -0.4 is 4.74 Å². The van der Waals surface area contributed by atoms with Crippen molar-refractivity contribution in [2.45, 2.75) is 20.3 Å². The van der Waals surface area contributed by atoms with Gasteiger partial charge in [0.2, 0.25) is 0 Å². The smallest absolute Gasteiger partial charge is 0.137 e. The van der Waals surface area contributed by atoms with Crippen molar-refractivity contribution in [2.75, 3.05) is 6.61 Å². The highest BCUT2D eigenvalue weighted by molar-refractivity contribution is 6.32. The second-order valence-electron chi connectivity index (χ2n) is 4.58. The molecule has 0 aliphatic heterocycles. The van der Waals surface area contributed by atoms with Crippen LogP contribution >= 0.6 is 11.6 Å². The minimum Gasteiger partial charge on any atom is -0.492 e. The van der Waals surface area contributed by atoms with Crippen molar-refractivity contribution in [1.29, 1.82) is 0 Å². The van der Waals surface area contributed by atoms with Gasteiger partial charge in [0, 0.05) is 6.21 Å². The van der Waals surface area contributed by atoms with E-state index in [1.165, 1.54) is 0 Å². The molecule has 20 heavy (non-hydrogen) atoms. The molecule has 0 radical (unpaired) electrons. The van der Waals surface area contributed by atoms with Gasteiger partial charge in [-0.3, -0.25) is 4.99 Å². The van der Waals surface area contributed by atoms with E-state index in [1.807, 2.05) is 55.6 Å². The predicted molar refractivity (Wildman–Crippen MR) is 85.7 cm³/mol. The molecule has 0 aliphatic rings. The van der Waals surface area contributed by atoms with Crippen molar-refractivity contribution in [3.05, 3.63) is 58.6 Å². The lowest BCUT2D eigenvalue weighted by Gasteiger charge is -2.07. The minimum atomic E-state index is 0.618. The molecular formula is C17H18ClNO. The van der Waals surface area contributed by atoms with Gasteiger partial charge < -0.3 is 4.74 Å². The van der Waals surface area contributed by atoms with Crippen molar-refractivity contribution in [3.8, 4) is 5.75 Å². The van der Waals surface area contributed by atoms with Crippen LogP contribution in [0.4, 0.5) is 5.69 Å². The molecule has 0 unspecified atom stereocenters. The first kappa shape index (κ1) is 14.6. The average molecular weight is 288 g/mol. The molecule has 2 nitrogen and oxygen atoms in total. The molecule has 0 bridgehead atoms. The van der Waals surface area contributed by atoms with Crippen molar-refractivity contribution >= 4 is 23.5 Å². The van der Waals surface area contributed by atoms with E-state index in [1.54, 1.807) is 0 Å². The van der Waals surface area contributed by atoms with Crippen LogP contribution in [0.15, 0.2) is 47.5 Å². The Bertz CT molecular complexity index is 608. The SMILES string of the molecule is CCCOc1ccc(C=Nc2ccccc2C)cc1Cl. The van der Waals surface area contributed by atoms with Crippen LogP contribution in [0.25, 0.3) is 0 Å². The maximum atomic E-state index is 6.19. The van der Waals surface area contributed by atoms with E-state index in [2.05, 4.69) is 11.9 Å². The van der Waals surface area contributed by atoms with Gasteiger partial charge in [0.05, 0.1) is 17.3 Å². The second-order valence-corrected chi connectivity index (χ2v) is 4.99. The highest BCUT2D eigenvalue weighted by Crippen LogP contribution is 2.25. The highest BCUT2D eigenvalue weighted by Gasteiger charge is 2.02. The Balaban J connectivity index is 2.14. The number of halogens is 1. The molecule has 2 aromatic rings. The standard InChI is InChI=1S/C17H18ClNO/c1-3-10-20-17-9-8-14(11-15(17)18)12-19-16-7-5-4-6-13(16)2/h4-9,11-12H,3,10H2,1-2H3. The van der Waals surface area contributed by atoms with Crippen molar-refractivity contribution in [1.82, 2.24) is 0 Å². The fourth-order valence-electron chi connectivity index (χ4n) is 1.78. The zero-order chi connectivity index (χ0) is 14.4. The molecule has 104 valence electrons. The van der Waals surface area contributed by atoms with E-state index in [0.717, 1.165) is 29.0 Å². The molecule has 0 fully saturated rings. The Hall–Kier alpha value is -1.80. The van der Waals surface area contributed by atoms with Gasteiger partial charge in [-0.05, 0) is 48.7 Å². The molecular weight excluding hydrogens is 270 g/mol. The van der Waals surface area contributed by atoms with E-state index in [0.29, 0.717) is 11.6 Å². The first-order valence-electron chi connectivity index (χ1n) is 6.72. The number of ether oxygens (including phenoxy) is 1. The van der Waals surface area contributed by atoms with Gasteiger partial charge in [-0.25, -0.2) is 0 Å². The van der Waals surface area contributed by atoms with E-state index in [-0.39, 0.29) is 0 Å². The first-order chi connectivity index (χ1) is 9.70. The number of para-hydroxylation sites is 1. The fraction of sp³-hybridized carbons (Fsp3) is 0.235. The van der Waals surface area contributed by atoms with Gasteiger partial charge in [0.15, 0.2) is 0 Å². The summed E-state index contributed by atoms with van der Waals surface area (Å²) in [4.78, 5) is 4.48. The van der Waals surface area contributed by atoms with Crippen LogP contribution in [-0.4, -0.2) is 12.8 Å². The predicted octanol–water partition coefficient (Wildman–Crippen LogP) is 5.19. The van der Waals surface area contributed by atoms with Crippen molar-refractivity contribution in [3.63, 3.8) is 0 Å². The third-order valence-corrected chi connectivity index (χ3v) is 3.18. The molecule has 0 aliphatic carbocycles. The summed E-state index contributed by atoms with van der Waals surface area (Å²) in [5.74, 6) is 0.724. The Morgan fingerprint density at radius 1 is 1.20 bits per heavy atom. The number of aryl methyl sites for hydroxylation is 1. The van der Waals surface area contributed by atoms with Gasteiger partial charge in [-0.15, -0.1) is 0 Å². The lowest BCUT2D eigenvalue weighted by molar-refractivity contribution is 0.317. The van der Waals surface area contributed by atoms with Crippen LogP contribution in [0, 0.1) is 6.92 Å². The fourth-order valence-corrected chi connectivity index (χ4v) is 2.02. The van der Waals surface area contributed by atoms with Crippen molar-refractivity contribution in [2.24, 2.45) is 4.99 Å². The van der Waals surface area contributed by atoms with Crippen LogP contribution in [0.3, 0.4) is 0 Å². The summed E-state index contributed by atoms with van der Waals surface area (Å²) in [6.45, 7) is 4.79. The van der Waals surface area contributed by atoms with Gasteiger partial charge >= 0.3 is 0 Å². The molecule has 0 atom stereocenters. The highest BCUT2D eigenvalue weighted by atomic mass is 35.5. The Morgan fingerprint density at radius 3 is 2.70 bits per heavy atom. The summed E-state index contributed by atoms with van der Waals surface area (Å²) in [5, 5.41) is 0.618.